The molecule has 0 saturated heterocycles. The van der Waals surface area contributed by atoms with Crippen molar-refractivity contribution < 1.29 is 19.7 Å². The molecule has 0 aliphatic heterocycles. The summed E-state index contributed by atoms with van der Waals surface area (Å²) in [5.41, 5.74) is -0.0182. The largest absolute Gasteiger partial charge is 0.444 e. The lowest BCUT2D eigenvalue weighted by molar-refractivity contribution is 0.0129. The van der Waals surface area contributed by atoms with Gasteiger partial charge in [0.1, 0.15) is 23.9 Å². The summed E-state index contributed by atoms with van der Waals surface area (Å²) < 4.78 is 5.02. The summed E-state index contributed by atoms with van der Waals surface area (Å²) in [7, 11) is 0. The highest BCUT2D eigenvalue weighted by atomic mass is 35.5. The van der Waals surface area contributed by atoms with Crippen LogP contribution < -0.4 is 5.32 Å². The van der Waals surface area contributed by atoms with Crippen molar-refractivity contribution in [2.24, 2.45) is 0 Å². The Balaban J connectivity index is 2.62. The Morgan fingerprint density at radius 2 is 2.09 bits per heavy atom. The highest BCUT2D eigenvalue weighted by Crippen LogP contribution is 2.23. The van der Waals surface area contributed by atoms with Gasteiger partial charge in [0, 0.05) is 6.54 Å². The van der Waals surface area contributed by atoms with Crippen molar-refractivity contribution >= 4 is 17.7 Å². The van der Waals surface area contributed by atoms with Crippen LogP contribution in [0.3, 0.4) is 0 Å². The number of nitrogens with zero attached hydrogens (tertiary/aromatic N) is 1. The van der Waals surface area contributed by atoms with Crippen LogP contribution in [0.4, 0.5) is 4.79 Å². The van der Waals surface area contributed by atoms with Crippen molar-refractivity contribution in [3.63, 3.8) is 0 Å². The van der Waals surface area contributed by atoms with Gasteiger partial charge in [-0.1, -0.05) is 17.7 Å². The molecule has 1 rings (SSSR count). The molecule has 22 heavy (non-hydrogen) atoms. The molecule has 0 saturated carbocycles. The van der Waals surface area contributed by atoms with Gasteiger partial charge in [-0.3, -0.25) is 0 Å². The zero-order chi connectivity index (χ0) is 16.9. The summed E-state index contributed by atoms with van der Waals surface area (Å²) in [5, 5.41) is 31.3. The molecule has 0 aliphatic carbocycles. The third kappa shape index (κ3) is 5.53. The summed E-state index contributed by atoms with van der Waals surface area (Å²) in [5.74, 6) is 0. The zero-order valence-electron chi connectivity index (χ0n) is 12.6. The Kier molecular flexibility index (Phi) is 6.18. The van der Waals surface area contributed by atoms with Crippen LogP contribution in [0.15, 0.2) is 18.2 Å². The van der Waals surface area contributed by atoms with Crippen molar-refractivity contribution in [3.8, 4) is 6.07 Å². The maximum absolute atomic E-state index is 11.5. The number of carbonyl (C=O) groups excluding carboxylic acids is 1. The van der Waals surface area contributed by atoms with Gasteiger partial charge in [-0.25, -0.2) is 4.79 Å². The first kappa shape index (κ1) is 18.2. The molecule has 2 unspecified atom stereocenters. The number of hydrogen-bond donors (Lipinski definition) is 3. The van der Waals surface area contributed by atoms with Crippen LogP contribution in [-0.2, 0) is 4.74 Å². The Bertz CT molecular complexity index is 578. The molecule has 1 aromatic rings. The van der Waals surface area contributed by atoms with Gasteiger partial charge in [0.25, 0.3) is 0 Å². The molecule has 7 heteroatoms. The Morgan fingerprint density at radius 3 is 2.59 bits per heavy atom. The zero-order valence-corrected chi connectivity index (χ0v) is 13.4. The monoisotopic (exact) mass is 326 g/mol. The molecule has 0 aliphatic rings. The highest BCUT2D eigenvalue weighted by Gasteiger charge is 2.22. The van der Waals surface area contributed by atoms with Crippen LogP contribution in [0.1, 0.15) is 38.0 Å². The molecule has 0 heterocycles. The van der Waals surface area contributed by atoms with E-state index < -0.39 is 23.9 Å². The maximum atomic E-state index is 11.5. The molecule has 0 bridgehead atoms. The number of rotatable bonds is 4. The van der Waals surface area contributed by atoms with E-state index in [0.717, 1.165) is 0 Å². The third-order valence-corrected chi connectivity index (χ3v) is 2.99. The summed E-state index contributed by atoms with van der Waals surface area (Å²) in [6.07, 6.45) is -3.17. The van der Waals surface area contributed by atoms with Crippen LogP contribution in [-0.4, -0.2) is 34.6 Å². The van der Waals surface area contributed by atoms with Crippen LogP contribution in [0.25, 0.3) is 0 Å². The van der Waals surface area contributed by atoms with Gasteiger partial charge in [0.2, 0.25) is 0 Å². The van der Waals surface area contributed by atoms with E-state index in [9.17, 15) is 15.0 Å². The minimum atomic E-state index is -1.25. The average Bonchev–Trinajstić information content (AvgIpc) is 2.42. The minimum Gasteiger partial charge on any atom is -0.444 e. The van der Waals surface area contributed by atoms with E-state index in [1.54, 1.807) is 20.8 Å². The summed E-state index contributed by atoms with van der Waals surface area (Å²) in [4.78, 5) is 11.5. The van der Waals surface area contributed by atoms with E-state index >= 15 is 0 Å². The van der Waals surface area contributed by atoms with Crippen LogP contribution >= 0.6 is 11.6 Å². The summed E-state index contributed by atoms with van der Waals surface area (Å²) >= 11 is 5.87. The number of carbonyl (C=O) groups is 1. The molecular formula is C15H19ClN2O4. The predicted octanol–water partition coefficient (Wildman–Crippen LogP) is 2.13. The molecule has 120 valence electrons. The van der Waals surface area contributed by atoms with E-state index in [2.05, 4.69) is 5.32 Å². The van der Waals surface area contributed by atoms with Gasteiger partial charge in [0.15, 0.2) is 0 Å². The first-order valence-electron chi connectivity index (χ1n) is 6.66. The lowest BCUT2D eigenvalue weighted by Gasteiger charge is -2.22. The second-order valence-electron chi connectivity index (χ2n) is 5.75. The normalized spacial score (nSPS) is 13.9. The lowest BCUT2D eigenvalue weighted by Crippen LogP contribution is -2.38. The van der Waals surface area contributed by atoms with Crippen LogP contribution in [0, 0.1) is 11.3 Å². The number of alkyl carbamates (subject to hydrolysis) is 1. The number of nitrogens with one attached hydrogen (secondary N) is 1. The van der Waals surface area contributed by atoms with Crippen molar-refractivity contribution in [2.75, 3.05) is 6.54 Å². The van der Waals surface area contributed by atoms with E-state index in [4.69, 9.17) is 21.6 Å². The maximum Gasteiger partial charge on any atom is 0.407 e. The predicted molar refractivity (Wildman–Crippen MR) is 81.4 cm³/mol. The van der Waals surface area contributed by atoms with Gasteiger partial charge < -0.3 is 20.3 Å². The Hall–Kier alpha value is -1.81. The number of nitriles is 1. The molecule has 1 aromatic carbocycles. The van der Waals surface area contributed by atoms with E-state index in [-0.39, 0.29) is 17.1 Å². The van der Waals surface area contributed by atoms with Gasteiger partial charge in [0.05, 0.1) is 10.6 Å². The molecular weight excluding hydrogens is 308 g/mol. The fourth-order valence-electron chi connectivity index (χ4n) is 1.64. The summed E-state index contributed by atoms with van der Waals surface area (Å²) in [6, 6.07) is 6.25. The first-order valence-corrected chi connectivity index (χ1v) is 7.04. The fraction of sp³-hybridized carbons (Fsp3) is 0.467. The first-order chi connectivity index (χ1) is 10.1. The quantitative estimate of drug-likeness (QED) is 0.786. The third-order valence-electron chi connectivity index (χ3n) is 2.67. The highest BCUT2D eigenvalue weighted by molar-refractivity contribution is 6.31. The molecule has 0 spiro atoms. The summed E-state index contributed by atoms with van der Waals surface area (Å²) in [6.45, 7) is 4.97. The number of ether oxygens (including phenoxy) is 1. The van der Waals surface area contributed by atoms with Gasteiger partial charge >= 0.3 is 6.09 Å². The Labute approximate surface area is 134 Å². The smallest absolute Gasteiger partial charge is 0.407 e. The number of halogens is 1. The topological polar surface area (TPSA) is 103 Å². The van der Waals surface area contributed by atoms with E-state index in [1.165, 1.54) is 18.2 Å². The second kappa shape index (κ2) is 7.45. The van der Waals surface area contributed by atoms with Crippen molar-refractivity contribution in [1.29, 1.82) is 5.26 Å². The van der Waals surface area contributed by atoms with Crippen molar-refractivity contribution in [2.45, 2.75) is 38.6 Å². The Morgan fingerprint density at radius 1 is 1.45 bits per heavy atom. The van der Waals surface area contributed by atoms with E-state index in [1.807, 2.05) is 6.07 Å². The molecule has 6 nitrogen and oxygen atoms in total. The SMILES string of the molecule is CC(C)(C)OC(=O)NCC(O)C(O)c1ccc(C#N)c(Cl)c1. The average molecular weight is 327 g/mol. The van der Waals surface area contributed by atoms with Gasteiger partial charge in [-0.05, 0) is 38.5 Å². The van der Waals surface area contributed by atoms with Crippen LogP contribution in [0.2, 0.25) is 5.02 Å². The number of benzene rings is 1. The minimum absolute atomic E-state index is 0.186. The van der Waals surface area contributed by atoms with Crippen molar-refractivity contribution in [3.05, 3.63) is 34.3 Å². The molecule has 2 atom stereocenters. The molecule has 0 radical (unpaired) electrons. The standard InChI is InChI=1S/C15H19ClN2O4/c1-15(2,3)22-14(21)18-8-12(19)13(20)9-4-5-10(7-17)11(16)6-9/h4-6,12-13,19-20H,8H2,1-3H3,(H,18,21). The molecule has 0 fully saturated rings. The number of aliphatic hydroxyl groups excluding tert-OH is 2. The van der Waals surface area contributed by atoms with Crippen molar-refractivity contribution in [1.82, 2.24) is 5.32 Å². The molecule has 3 N–H and O–H groups in total. The fourth-order valence-corrected chi connectivity index (χ4v) is 1.87. The number of aliphatic hydroxyl groups is 2. The molecule has 0 aromatic heterocycles. The number of amides is 1. The van der Waals surface area contributed by atoms with E-state index in [0.29, 0.717) is 5.56 Å². The van der Waals surface area contributed by atoms with Gasteiger partial charge in [-0.15, -0.1) is 0 Å². The second-order valence-corrected chi connectivity index (χ2v) is 6.15. The van der Waals surface area contributed by atoms with Gasteiger partial charge in [-0.2, -0.15) is 5.26 Å². The van der Waals surface area contributed by atoms with Crippen LogP contribution in [0.5, 0.6) is 0 Å². The lowest BCUT2D eigenvalue weighted by atomic mass is 10.0. The molecule has 1 amide bonds. The number of hydrogen-bond acceptors (Lipinski definition) is 5.